The average molecular weight is 259 g/mol. The molecule has 0 bridgehead atoms. The third kappa shape index (κ3) is 2.11. The maximum Gasteiger partial charge on any atom is 0.159 e. The second-order valence-electron chi connectivity index (χ2n) is 4.80. The third-order valence-electron chi connectivity index (χ3n) is 3.25. The van der Waals surface area contributed by atoms with Gasteiger partial charge in [0.05, 0.1) is 10.5 Å². The molecule has 4 heteroatoms. The summed E-state index contributed by atoms with van der Waals surface area (Å²) in [5.41, 5.74) is 1.75. The van der Waals surface area contributed by atoms with Crippen LogP contribution in [0, 0.1) is 6.92 Å². The summed E-state index contributed by atoms with van der Waals surface area (Å²) in [4.78, 5) is 0. The highest BCUT2D eigenvalue weighted by Gasteiger charge is 2.49. The summed E-state index contributed by atoms with van der Waals surface area (Å²) >= 11 is 6.01. The molecule has 1 saturated carbocycles. The zero-order chi connectivity index (χ0) is 12.0. The van der Waals surface area contributed by atoms with Gasteiger partial charge >= 0.3 is 0 Å². The summed E-state index contributed by atoms with van der Waals surface area (Å²) in [6, 6.07) is 5.50. The molecule has 0 amide bonds. The number of sulfone groups is 1. The number of benzene rings is 1. The van der Waals surface area contributed by atoms with E-state index in [1.165, 1.54) is 0 Å². The van der Waals surface area contributed by atoms with Gasteiger partial charge in [-0.05, 0) is 38.3 Å². The van der Waals surface area contributed by atoms with Gasteiger partial charge in [0.1, 0.15) is 0 Å². The standard InChI is InChI=1S/C12H15ClO2S/c1-9-3-4-11(13)10(7-9)8-16(14,15)12(2)5-6-12/h3-4,7H,5-6,8H2,1-2H3. The van der Waals surface area contributed by atoms with Gasteiger partial charge < -0.3 is 0 Å². The summed E-state index contributed by atoms with van der Waals surface area (Å²) in [7, 11) is -3.06. The summed E-state index contributed by atoms with van der Waals surface area (Å²) < 4.78 is 23.7. The predicted octanol–water partition coefficient (Wildman–Crippen LogP) is 3.12. The minimum absolute atomic E-state index is 0.0595. The van der Waals surface area contributed by atoms with E-state index in [1.807, 2.05) is 26.0 Å². The lowest BCUT2D eigenvalue weighted by atomic mass is 10.2. The molecule has 88 valence electrons. The van der Waals surface area contributed by atoms with E-state index in [0.29, 0.717) is 5.02 Å². The molecule has 0 unspecified atom stereocenters. The van der Waals surface area contributed by atoms with Crippen LogP contribution in [0.3, 0.4) is 0 Å². The molecule has 1 aromatic rings. The van der Waals surface area contributed by atoms with E-state index in [4.69, 9.17) is 11.6 Å². The van der Waals surface area contributed by atoms with Crippen molar-refractivity contribution in [3.05, 3.63) is 34.3 Å². The molecule has 1 fully saturated rings. The first kappa shape index (κ1) is 11.9. The summed E-state index contributed by atoms with van der Waals surface area (Å²) in [5, 5.41) is 0.540. The molecule has 0 saturated heterocycles. The van der Waals surface area contributed by atoms with Crippen molar-refractivity contribution in [1.29, 1.82) is 0 Å². The normalized spacial score (nSPS) is 18.4. The smallest absolute Gasteiger partial charge is 0.159 e. The first-order valence-electron chi connectivity index (χ1n) is 5.31. The van der Waals surface area contributed by atoms with E-state index in [9.17, 15) is 8.42 Å². The Morgan fingerprint density at radius 2 is 2.00 bits per heavy atom. The van der Waals surface area contributed by atoms with Crippen LogP contribution < -0.4 is 0 Å². The second kappa shape index (κ2) is 3.74. The Bertz CT molecular complexity index is 516. The van der Waals surface area contributed by atoms with Crippen LogP contribution in [0.2, 0.25) is 5.02 Å². The van der Waals surface area contributed by atoms with Crippen molar-refractivity contribution in [2.24, 2.45) is 0 Å². The Hall–Kier alpha value is -0.540. The fraction of sp³-hybridized carbons (Fsp3) is 0.500. The molecule has 1 aliphatic carbocycles. The van der Waals surface area contributed by atoms with E-state index < -0.39 is 14.6 Å². The highest BCUT2D eigenvalue weighted by atomic mass is 35.5. The first-order chi connectivity index (χ1) is 7.34. The van der Waals surface area contributed by atoms with Crippen LogP contribution in [0.5, 0.6) is 0 Å². The Balaban J connectivity index is 2.31. The highest BCUT2D eigenvalue weighted by Crippen LogP contribution is 2.44. The molecule has 2 rings (SSSR count). The SMILES string of the molecule is Cc1ccc(Cl)c(CS(=O)(=O)C2(C)CC2)c1. The lowest BCUT2D eigenvalue weighted by Crippen LogP contribution is -2.21. The van der Waals surface area contributed by atoms with Crippen molar-refractivity contribution in [2.45, 2.75) is 37.2 Å². The lowest BCUT2D eigenvalue weighted by molar-refractivity contribution is 0.581. The number of hydrogen-bond acceptors (Lipinski definition) is 2. The van der Waals surface area contributed by atoms with E-state index in [2.05, 4.69) is 0 Å². The molecule has 0 N–H and O–H groups in total. The zero-order valence-electron chi connectivity index (χ0n) is 9.46. The van der Waals surface area contributed by atoms with Gasteiger partial charge in [-0.1, -0.05) is 29.3 Å². The fourth-order valence-corrected chi connectivity index (χ4v) is 3.66. The van der Waals surface area contributed by atoms with Gasteiger partial charge in [0.2, 0.25) is 0 Å². The molecule has 1 aliphatic rings. The highest BCUT2D eigenvalue weighted by molar-refractivity contribution is 7.92. The van der Waals surface area contributed by atoms with Gasteiger partial charge in [0.25, 0.3) is 0 Å². The topological polar surface area (TPSA) is 34.1 Å². The Morgan fingerprint density at radius 3 is 2.56 bits per heavy atom. The predicted molar refractivity (Wildman–Crippen MR) is 66.5 cm³/mol. The van der Waals surface area contributed by atoms with Crippen molar-refractivity contribution in [3.8, 4) is 0 Å². The van der Waals surface area contributed by atoms with Crippen LogP contribution in [0.25, 0.3) is 0 Å². The van der Waals surface area contributed by atoms with Crippen molar-refractivity contribution in [2.75, 3.05) is 0 Å². The van der Waals surface area contributed by atoms with Crippen molar-refractivity contribution < 1.29 is 8.42 Å². The Kier molecular flexibility index (Phi) is 2.79. The maximum atomic E-state index is 12.1. The van der Waals surface area contributed by atoms with E-state index in [1.54, 1.807) is 6.07 Å². The van der Waals surface area contributed by atoms with Crippen LogP contribution in [0.4, 0.5) is 0 Å². The molecule has 16 heavy (non-hydrogen) atoms. The minimum Gasteiger partial charge on any atom is -0.228 e. The number of halogens is 1. The number of aryl methyl sites for hydroxylation is 1. The van der Waals surface area contributed by atoms with Gasteiger partial charge in [-0.15, -0.1) is 0 Å². The third-order valence-corrected chi connectivity index (χ3v) is 6.22. The van der Waals surface area contributed by atoms with Crippen molar-refractivity contribution >= 4 is 21.4 Å². The number of hydrogen-bond donors (Lipinski definition) is 0. The quantitative estimate of drug-likeness (QED) is 0.835. The summed E-state index contributed by atoms with van der Waals surface area (Å²) in [5.74, 6) is 0.0595. The zero-order valence-corrected chi connectivity index (χ0v) is 11.0. The molecule has 2 nitrogen and oxygen atoms in total. The molecular weight excluding hydrogens is 244 g/mol. The van der Waals surface area contributed by atoms with E-state index >= 15 is 0 Å². The molecule has 0 atom stereocenters. The summed E-state index contributed by atoms with van der Waals surface area (Å²) in [6.45, 7) is 3.75. The average Bonchev–Trinajstić information content (AvgIpc) is 2.91. The van der Waals surface area contributed by atoms with Crippen LogP contribution in [-0.4, -0.2) is 13.2 Å². The van der Waals surface area contributed by atoms with Crippen LogP contribution in [0.15, 0.2) is 18.2 Å². The van der Waals surface area contributed by atoms with Crippen molar-refractivity contribution in [1.82, 2.24) is 0 Å². The molecule has 0 aromatic heterocycles. The van der Waals surface area contributed by atoms with Crippen LogP contribution >= 0.6 is 11.6 Å². The lowest BCUT2D eigenvalue weighted by Gasteiger charge is -2.12. The summed E-state index contributed by atoms with van der Waals surface area (Å²) in [6.07, 6.45) is 1.55. The largest absolute Gasteiger partial charge is 0.228 e. The van der Waals surface area contributed by atoms with Gasteiger partial charge in [-0.3, -0.25) is 0 Å². The monoisotopic (exact) mass is 258 g/mol. The van der Waals surface area contributed by atoms with Crippen LogP contribution in [0.1, 0.15) is 30.9 Å². The molecule has 0 radical (unpaired) electrons. The van der Waals surface area contributed by atoms with Gasteiger partial charge in [0, 0.05) is 5.02 Å². The molecule has 0 spiro atoms. The van der Waals surface area contributed by atoms with Crippen molar-refractivity contribution in [3.63, 3.8) is 0 Å². The molecule has 0 heterocycles. The Morgan fingerprint density at radius 1 is 1.38 bits per heavy atom. The van der Waals surface area contributed by atoms with E-state index in [0.717, 1.165) is 24.0 Å². The van der Waals surface area contributed by atoms with Gasteiger partial charge in [-0.2, -0.15) is 0 Å². The van der Waals surface area contributed by atoms with Crippen LogP contribution in [-0.2, 0) is 15.6 Å². The molecule has 1 aromatic carbocycles. The Labute approximate surface area is 102 Å². The first-order valence-corrected chi connectivity index (χ1v) is 7.34. The van der Waals surface area contributed by atoms with Gasteiger partial charge in [-0.25, -0.2) is 8.42 Å². The number of rotatable bonds is 3. The second-order valence-corrected chi connectivity index (χ2v) is 7.71. The fourth-order valence-electron chi connectivity index (χ4n) is 1.68. The van der Waals surface area contributed by atoms with E-state index in [-0.39, 0.29) is 5.75 Å². The van der Waals surface area contributed by atoms with Gasteiger partial charge in [0.15, 0.2) is 9.84 Å². The molecular formula is C12H15ClO2S. The molecule has 0 aliphatic heterocycles. The maximum absolute atomic E-state index is 12.1. The minimum atomic E-state index is -3.06.